The molecule has 1 fully saturated rings. The van der Waals surface area contributed by atoms with Gasteiger partial charge in [0.25, 0.3) is 0 Å². The van der Waals surface area contributed by atoms with Crippen molar-refractivity contribution in [1.82, 2.24) is 9.62 Å². The van der Waals surface area contributed by atoms with Crippen LogP contribution in [0.2, 0.25) is 0 Å². The molecule has 22 heavy (non-hydrogen) atoms. The zero-order valence-corrected chi connectivity index (χ0v) is 13.8. The summed E-state index contributed by atoms with van der Waals surface area (Å²) in [5.41, 5.74) is -0.283. The van der Waals surface area contributed by atoms with Crippen molar-refractivity contribution >= 4 is 25.7 Å². The monoisotopic (exact) mass is 351 g/mol. The average Bonchev–Trinajstić information content (AvgIpc) is 2.40. The van der Waals surface area contributed by atoms with E-state index in [4.69, 9.17) is 0 Å². The Bertz CT molecular complexity index is 765. The molecular formula is C12H18FN3O4S2. The van der Waals surface area contributed by atoms with Crippen molar-refractivity contribution in [3.05, 3.63) is 24.0 Å². The second-order valence-corrected chi connectivity index (χ2v) is 8.82. The van der Waals surface area contributed by atoms with Crippen LogP contribution in [-0.2, 0) is 20.0 Å². The number of sulfonamides is 2. The van der Waals surface area contributed by atoms with Gasteiger partial charge in [-0.1, -0.05) is 0 Å². The lowest BCUT2D eigenvalue weighted by Crippen LogP contribution is -2.52. The molecule has 0 bridgehead atoms. The maximum Gasteiger partial charge on any atom is 0.243 e. The van der Waals surface area contributed by atoms with Crippen LogP contribution in [-0.4, -0.2) is 53.1 Å². The van der Waals surface area contributed by atoms with E-state index in [1.807, 2.05) is 4.72 Å². The summed E-state index contributed by atoms with van der Waals surface area (Å²) in [6.45, 7) is 3.11. The van der Waals surface area contributed by atoms with Gasteiger partial charge in [0.1, 0.15) is 5.82 Å². The quantitative estimate of drug-likeness (QED) is 0.807. The molecule has 1 unspecified atom stereocenters. The number of anilines is 1. The molecular weight excluding hydrogens is 333 g/mol. The van der Waals surface area contributed by atoms with Gasteiger partial charge in [0.05, 0.1) is 16.8 Å². The van der Waals surface area contributed by atoms with Crippen LogP contribution in [0.1, 0.15) is 6.92 Å². The molecule has 1 aromatic carbocycles. The highest BCUT2D eigenvalue weighted by Crippen LogP contribution is 2.24. The van der Waals surface area contributed by atoms with E-state index >= 15 is 0 Å². The maximum absolute atomic E-state index is 14.0. The molecule has 10 heteroatoms. The zero-order chi connectivity index (χ0) is 16.5. The van der Waals surface area contributed by atoms with E-state index in [1.165, 1.54) is 10.4 Å². The number of benzene rings is 1. The predicted molar refractivity (Wildman–Crippen MR) is 81.1 cm³/mol. The van der Waals surface area contributed by atoms with Gasteiger partial charge < -0.3 is 5.32 Å². The number of rotatable bonds is 4. The van der Waals surface area contributed by atoms with Crippen molar-refractivity contribution in [2.45, 2.75) is 17.9 Å². The van der Waals surface area contributed by atoms with Gasteiger partial charge in [-0.3, -0.25) is 4.72 Å². The number of halogens is 1. The lowest BCUT2D eigenvalue weighted by Gasteiger charge is -2.32. The third-order valence-electron chi connectivity index (χ3n) is 3.28. The Labute approximate surface area is 129 Å². The van der Waals surface area contributed by atoms with Crippen LogP contribution in [0.5, 0.6) is 0 Å². The minimum atomic E-state index is -3.82. The normalized spacial score (nSPS) is 20.8. The second kappa shape index (κ2) is 6.11. The number of hydrogen-bond acceptors (Lipinski definition) is 5. The standard InChI is InChI=1S/C12H18FN3O4S2/c1-9-8-14-5-6-16(9)22(19,20)10-3-4-12(11(13)7-10)15-21(2,17)18/h3-4,7,9,14-15H,5-6,8H2,1-2H3. The summed E-state index contributed by atoms with van der Waals surface area (Å²) >= 11 is 0. The summed E-state index contributed by atoms with van der Waals surface area (Å²) in [7, 11) is -7.45. The molecule has 7 nitrogen and oxygen atoms in total. The van der Waals surface area contributed by atoms with E-state index < -0.39 is 25.9 Å². The van der Waals surface area contributed by atoms with E-state index in [2.05, 4.69) is 5.32 Å². The molecule has 2 N–H and O–H groups in total. The number of nitrogens with one attached hydrogen (secondary N) is 2. The van der Waals surface area contributed by atoms with Gasteiger partial charge in [-0.05, 0) is 25.1 Å². The lowest BCUT2D eigenvalue weighted by atomic mass is 10.3. The number of hydrogen-bond donors (Lipinski definition) is 2. The van der Waals surface area contributed by atoms with Crippen molar-refractivity contribution in [1.29, 1.82) is 0 Å². The molecule has 1 aliphatic rings. The van der Waals surface area contributed by atoms with Gasteiger partial charge in [-0.25, -0.2) is 21.2 Å². The molecule has 0 saturated carbocycles. The Morgan fingerprint density at radius 1 is 1.32 bits per heavy atom. The number of piperazine rings is 1. The first-order valence-corrected chi connectivity index (χ1v) is 9.94. The van der Waals surface area contributed by atoms with Crippen LogP contribution in [0.25, 0.3) is 0 Å². The van der Waals surface area contributed by atoms with Crippen LogP contribution in [0.4, 0.5) is 10.1 Å². The Hall–Kier alpha value is -1.23. The molecule has 1 atom stereocenters. The van der Waals surface area contributed by atoms with Crippen molar-refractivity contribution in [2.75, 3.05) is 30.6 Å². The fraction of sp³-hybridized carbons (Fsp3) is 0.500. The van der Waals surface area contributed by atoms with E-state index in [0.29, 0.717) is 19.6 Å². The van der Waals surface area contributed by atoms with Gasteiger partial charge in [-0.2, -0.15) is 4.31 Å². The van der Waals surface area contributed by atoms with Crippen LogP contribution in [0.3, 0.4) is 0 Å². The molecule has 1 aliphatic heterocycles. The minimum absolute atomic E-state index is 0.196. The smallest absolute Gasteiger partial charge is 0.243 e. The molecule has 0 aliphatic carbocycles. The molecule has 0 amide bonds. The summed E-state index contributed by atoms with van der Waals surface area (Å²) in [5, 5.41) is 3.08. The van der Waals surface area contributed by atoms with Gasteiger partial charge in [0, 0.05) is 25.7 Å². The van der Waals surface area contributed by atoms with Crippen molar-refractivity contribution < 1.29 is 21.2 Å². The van der Waals surface area contributed by atoms with E-state index in [9.17, 15) is 21.2 Å². The maximum atomic E-state index is 14.0. The topological polar surface area (TPSA) is 95.6 Å². The molecule has 1 saturated heterocycles. The molecule has 0 aromatic heterocycles. The van der Waals surface area contributed by atoms with Crippen molar-refractivity contribution in [2.24, 2.45) is 0 Å². The van der Waals surface area contributed by atoms with Gasteiger partial charge in [-0.15, -0.1) is 0 Å². The van der Waals surface area contributed by atoms with E-state index in [1.54, 1.807) is 6.92 Å². The molecule has 2 rings (SSSR count). The summed E-state index contributed by atoms with van der Waals surface area (Å²) < 4.78 is 64.6. The summed E-state index contributed by atoms with van der Waals surface area (Å²) in [4.78, 5) is -0.196. The summed E-state index contributed by atoms with van der Waals surface area (Å²) in [6, 6.07) is 2.89. The fourth-order valence-electron chi connectivity index (χ4n) is 2.25. The highest BCUT2D eigenvalue weighted by Gasteiger charge is 2.31. The van der Waals surface area contributed by atoms with Gasteiger partial charge in [0.15, 0.2) is 0 Å². The zero-order valence-electron chi connectivity index (χ0n) is 12.2. The Kier molecular flexibility index (Phi) is 4.76. The SMILES string of the molecule is CC1CNCCN1S(=O)(=O)c1ccc(NS(C)(=O)=O)c(F)c1. The first kappa shape index (κ1) is 17.1. The highest BCUT2D eigenvalue weighted by molar-refractivity contribution is 7.92. The summed E-state index contributed by atoms with van der Waals surface area (Å²) in [5.74, 6) is -0.936. The largest absolute Gasteiger partial charge is 0.314 e. The third-order valence-corrected chi connectivity index (χ3v) is 5.88. The lowest BCUT2D eigenvalue weighted by molar-refractivity contribution is 0.284. The first-order chi connectivity index (χ1) is 10.1. The highest BCUT2D eigenvalue weighted by atomic mass is 32.2. The number of nitrogens with zero attached hydrogens (tertiary/aromatic N) is 1. The molecule has 0 radical (unpaired) electrons. The third kappa shape index (κ3) is 3.75. The average molecular weight is 351 g/mol. The van der Waals surface area contributed by atoms with Crippen LogP contribution in [0.15, 0.2) is 23.1 Å². The Morgan fingerprint density at radius 2 is 2.00 bits per heavy atom. The predicted octanol–water partition coefficient (Wildman–Crippen LogP) is 0.180. The van der Waals surface area contributed by atoms with Crippen LogP contribution < -0.4 is 10.0 Å². The first-order valence-electron chi connectivity index (χ1n) is 6.61. The minimum Gasteiger partial charge on any atom is -0.314 e. The molecule has 124 valence electrons. The van der Waals surface area contributed by atoms with E-state index in [0.717, 1.165) is 18.4 Å². The van der Waals surface area contributed by atoms with Crippen LogP contribution >= 0.6 is 0 Å². The Balaban J connectivity index is 2.34. The Morgan fingerprint density at radius 3 is 2.55 bits per heavy atom. The molecule has 1 aromatic rings. The van der Waals surface area contributed by atoms with Gasteiger partial charge >= 0.3 is 0 Å². The second-order valence-electron chi connectivity index (χ2n) is 5.18. The van der Waals surface area contributed by atoms with Gasteiger partial charge in [0.2, 0.25) is 20.0 Å². The van der Waals surface area contributed by atoms with Crippen LogP contribution in [0, 0.1) is 5.82 Å². The molecule has 1 heterocycles. The van der Waals surface area contributed by atoms with Crippen molar-refractivity contribution in [3.8, 4) is 0 Å². The molecule has 0 spiro atoms. The fourth-order valence-corrected chi connectivity index (χ4v) is 4.46. The summed E-state index contributed by atoms with van der Waals surface area (Å²) in [6.07, 6.45) is 0.888. The van der Waals surface area contributed by atoms with E-state index in [-0.39, 0.29) is 16.6 Å². The van der Waals surface area contributed by atoms with Crippen molar-refractivity contribution in [3.63, 3.8) is 0 Å².